The molecule has 2 nitrogen and oxygen atoms in total. The molecule has 2 heterocycles. The van der Waals surface area contributed by atoms with Crippen molar-refractivity contribution in [2.45, 2.75) is 44.3 Å². The maximum atomic E-state index is 12.5. The van der Waals surface area contributed by atoms with E-state index in [1.54, 1.807) is 0 Å². The number of halogens is 3. The van der Waals surface area contributed by atoms with E-state index in [-0.39, 0.29) is 12.8 Å². The molecule has 1 atom stereocenters. The predicted molar refractivity (Wildman–Crippen MR) is 60.9 cm³/mol. The lowest BCUT2D eigenvalue weighted by Gasteiger charge is -2.33. The molecule has 2 aliphatic heterocycles. The van der Waals surface area contributed by atoms with E-state index in [9.17, 15) is 13.2 Å². The Morgan fingerprint density at radius 2 is 1.82 bits per heavy atom. The number of nitrogens with one attached hydrogen (secondary N) is 1. The zero-order valence-electron chi connectivity index (χ0n) is 10.1. The van der Waals surface area contributed by atoms with Crippen LogP contribution in [-0.4, -0.2) is 43.3 Å². The third-order valence-corrected chi connectivity index (χ3v) is 4.01. The average molecular weight is 250 g/mol. The first-order valence-corrected chi connectivity index (χ1v) is 6.58. The molecular formula is C12H21F3N2. The summed E-state index contributed by atoms with van der Waals surface area (Å²) in [5.74, 6) is -1.07. The van der Waals surface area contributed by atoms with Crippen molar-refractivity contribution in [3.05, 3.63) is 0 Å². The highest BCUT2D eigenvalue weighted by molar-refractivity contribution is 4.80. The number of alkyl halides is 3. The van der Waals surface area contributed by atoms with Gasteiger partial charge >= 0.3 is 6.18 Å². The molecule has 0 radical (unpaired) electrons. The Morgan fingerprint density at radius 1 is 1.12 bits per heavy atom. The predicted octanol–water partition coefficient (Wildman–Crippen LogP) is 2.40. The second-order valence-electron chi connectivity index (χ2n) is 5.24. The quantitative estimate of drug-likeness (QED) is 0.827. The normalized spacial score (nSPS) is 28.8. The standard InChI is InChI=1S/C12H21F3N2/c13-12(14,15)10-3-7-17(8-4-10)9-5-11-2-1-6-16-11/h10-11,16H,1-9H2. The summed E-state index contributed by atoms with van der Waals surface area (Å²) < 4.78 is 37.4. The fourth-order valence-electron chi connectivity index (χ4n) is 2.83. The van der Waals surface area contributed by atoms with Gasteiger partial charge in [-0.15, -0.1) is 0 Å². The summed E-state index contributed by atoms with van der Waals surface area (Å²) in [6, 6.07) is 0.593. The zero-order valence-corrected chi connectivity index (χ0v) is 10.1. The lowest BCUT2D eigenvalue weighted by atomic mass is 9.96. The summed E-state index contributed by atoms with van der Waals surface area (Å²) in [5.41, 5.74) is 0. The molecule has 0 aromatic carbocycles. The van der Waals surface area contributed by atoms with Crippen molar-refractivity contribution in [1.82, 2.24) is 10.2 Å². The highest BCUT2D eigenvalue weighted by Gasteiger charge is 2.40. The largest absolute Gasteiger partial charge is 0.391 e. The van der Waals surface area contributed by atoms with Gasteiger partial charge in [-0.05, 0) is 58.3 Å². The van der Waals surface area contributed by atoms with Crippen molar-refractivity contribution < 1.29 is 13.2 Å². The lowest BCUT2D eigenvalue weighted by molar-refractivity contribution is -0.185. The van der Waals surface area contributed by atoms with Crippen molar-refractivity contribution in [3.63, 3.8) is 0 Å². The molecule has 0 aromatic heterocycles. The average Bonchev–Trinajstić information content (AvgIpc) is 2.78. The second kappa shape index (κ2) is 5.57. The number of likely N-dealkylation sites (tertiary alicyclic amines) is 1. The monoisotopic (exact) mass is 250 g/mol. The minimum Gasteiger partial charge on any atom is -0.314 e. The van der Waals surface area contributed by atoms with Gasteiger partial charge in [0.1, 0.15) is 0 Å². The van der Waals surface area contributed by atoms with Gasteiger partial charge in [-0.1, -0.05) is 0 Å². The molecule has 5 heteroatoms. The van der Waals surface area contributed by atoms with Crippen LogP contribution in [0.1, 0.15) is 32.1 Å². The first-order valence-electron chi connectivity index (χ1n) is 6.58. The van der Waals surface area contributed by atoms with Crippen molar-refractivity contribution in [1.29, 1.82) is 0 Å². The number of hydrogen-bond acceptors (Lipinski definition) is 2. The molecule has 2 fully saturated rings. The Morgan fingerprint density at radius 3 is 2.35 bits per heavy atom. The van der Waals surface area contributed by atoms with Crippen LogP contribution in [-0.2, 0) is 0 Å². The van der Waals surface area contributed by atoms with Crippen LogP contribution in [0.2, 0.25) is 0 Å². The van der Waals surface area contributed by atoms with Crippen LogP contribution in [0.4, 0.5) is 13.2 Å². The van der Waals surface area contributed by atoms with E-state index >= 15 is 0 Å². The first kappa shape index (κ1) is 13.1. The maximum Gasteiger partial charge on any atom is 0.391 e. The van der Waals surface area contributed by atoms with Crippen LogP contribution in [0.15, 0.2) is 0 Å². The molecule has 2 saturated heterocycles. The molecule has 0 aliphatic carbocycles. The minimum atomic E-state index is -3.99. The molecule has 2 aliphatic rings. The highest BCUT2D eigenvalue weighted by atomic mass is 19.4. The summed E-state index contributed by atoms with van der Waals surface area (Å²) in [6.45, 7) is 3.26. The van der Waals surface area contributed by atoms with Gasteiger partial charge in [0.25, 0.3) is 0 Å². The smallest absolute Gasteiger partial charge is 0.314 e. The molecular weight excluding hydrogens is 229 g/mol. The Kier molecular flexibility index (Phi) is 4.31. The number of nitrogens with zero attached hydrogens (tertiary/aromatic N) is 1. The Hall–Kier alpha value is -0.290. The Bertz CT molecular complexity index is 228. The van der Waals surface area contributed by atoms with Gasteiger partial charge < -0.3 is 10.2 Å². The van der Waals surface area contributed by atoms with Crippen LogP contribution in [0.25, 0.3) is 0 Å². The van der Waals surface area contributed by atoms with E-state index in [0.29, 0.717) is 19.1 Å². The van der Waals surface area contributed by atoms with Crippen molar-refractivity contribution in [2.24, 2.45) is 5.92 Å². The minimum absolute atomic E-state index is 0.279. The molecule has 1 N–H and O–H groups in total. The van der Waals surface area contributed by atoms with E-state index < -0.39 is 12.1 Å². The molecule has 100 valence electrons. The van der Waals surface area contributed by atoms with Gasteiger partial charge in [0.2, 0.25) is 0 Å². The SMILES string of the molecule is FC(F)(F)C1CCN(CCC2CCCN2)CC1. The molecule has 0 aromatic rings. The summed E-state index contributed by atoms with van der Waals surface area (Å²) in [7, 11) is 0. The van der Waals surface area contributed by atoms with Crippen LogP contribution in [0.5, 0.6) is 0 Å². The fourth-order valence-corrected chi connectivity index (χ4v) is 2.83. The number of piperidine rings is 1. The summed E-state index contributed by atoms with van der Waals surface area (Å²) >= 11 is 0. The maximum absolute atomic E-state index is 12.5. The van der Waals surface area contributed by atoms with E-state index in [0.717, 1.165) is 19.5 Å². The molecule has 0 spiro atoms. The van der Waals surface area contributed by atoms with Crippen LogP contribution < -0.4 is 5.32 Å². The van der Waals surface area contributed by atoms with Crippen LogP contribution in [0.3, 0.4) is 0 Å². The fraction of sp³-hybridized carbons (Fsp3) is 1.00. The molecule has 2 rings (SSSR count). The van der Waals surface area contributed by atoms with Gasteiger partial charge in [-0.3, -0.25) is 0 Å². The Balaban J connectivity index is 1.65. The molecule has 0 saturated carbocycles. The topological polar surface area (TPSA) is 15.3 Å². The van der Waals surface area contributed by atoms with Crippen LogP contribution >= 0.6 is 0 Å². The van der Waals surface area contributed by atoms with Crippen molar-refractivity contribution in [3.8, 4) is 0 Å². The zero-order chi connectivity index (χ0) is 12.3. The van der Waals surface area contributed by atoms with Gasteiger partial charge in [-0.25, -0.2) is 0 Å². The summed E-state index contributed by atoms with van der Waals surface area (Å²) in [4.78, 5) is 2.18. The number of rotatable bonds is 3. The highest BCUT2D eigenvalue weighted by Crippen LogP contribution is 2.34. The van der Waals surface area contributed by atoms with Gasteiger partial charge in [0, 0.05) is 6.04 Å². The molecule has 1 unspecified atom stereocenters. The summed E-state index contributed by atoms with van der Waals surface area (Å²) in [5, 5.41) is 3.42. The van der Waals surface area contributed by atoms with Gasteiger partial charge in [-0.2, -0.15) is 13.2 Å². The van der Waals surface area contributed by atoms with Crippen molar-refractivity contribution in [2.75, 3.05) is 26.2 Å². The second-order valence-corrected chi connectivity index (χ2v) is 5.24. The summed E-state index contributed by atoms with van der Waals surface area (Å²) in [6.07, 6.45) is 0.110. The van der Waals surface area contributed by atoms with Crippen molar-refractivity contribution >= 4 is 0 Å². The Labute approximate surface area is 101 Å². The first-order chi connectivity index (χ1) is 8.05. The third-order valence-electron chi connectivity index (χ3n) is 4.01. The van der Waals surface area contributed by atoms with E-state index in [2.05, 4.69) is 10.2 Å². The van der Waals surface area contributed by atoms with Crippen LogP contribution in [0, 0.1) is 5.92 Å². The third kappa shape index (κ3) is 3.85. The van der Waals surface area contributed by atoms with Gasteiger partial charge in [0.05, 0.1) is 5.92 Å². The number of hydrogen-bond donors (Lipinski definition) is 1. The molecule has 0 amide bonds. The molecule has 0 bridgehead atoms. The van der Waals surface area contributed by atoms with E-state index in [1.165, 1.54) is 12.8 Å². The van der Waals surface area contributed by atoms with Gasteiger partial charge in [0.15, 0.2) is 0 Å². The lowest BCUT2D eigenvalue weighted by Crippen LogP contribution is -2.40. The molecule has 17 heavy (non-hydrogen) atoms. The van der Waals surface area contributed by atoms with E-state index in [4.69, 9.17) is 0 Å². The van der Waals surface area contributed by atoms with E-state index in [1.807, 2.05) is 0 Å².